The molecule has 31 heavy (non-hydrogen) atoms. The van der Waals surface area contributed by atoms with Crippen LogP contribution in [0.25, 0.3) is 0 Å². The van der Waals surface area contributed by atoms with Crippen molar-refractivity contribution in [3.05, 3.63) is 0 Å². The van der Waals surface area contributed by atoms with E-state index in [1.807, 2.05) is 0 Å². The molecule has 5 N–H and O–H groups in total. The van der Waals surface area contributed by atoms with Gasteiger partial charge in [0.15, 0.2) is 0 Å². The molecule has 0 rings (SSSR count). The van der Waals surface area contributed by atoms with E-state index in [9.17, 15) is 19.2 Å². The van der Waals surface area contributed by atoms with Gasteiger partial charge in [-0.25, -0.2) is 4.79 Å². The summed E-state index contributed by atoms with van der Waals surface area (Å²) >= 11 is 0. The molecule has 0 aliphatic heterocycles. The van der Waals surface area contributed by atoms with Gasteiger partial charge in [-0.2, -0.15) is 0 Å². The lowest BCUT2D eigenvalue weighted by Crippen LogP contribution is -2.49. The van der Waals surface area contributed by atoms with Crippen molar-refractivity contribution in [3.63, 3.8) is 0 Å². The van der Waals surface area contributed by atoms with Crippen LogP contribution in [-0.2, 0) is 19.1 Å². The quantitative estimate of drug-likeness (QED) is 0.228. The second-order valence-corrected chi connectivity index (χ2v) is 7.75. The summed E-state index contributed by atoms with van der Waals surface area (Å²) < 4.78 is 4.76. The third-order valence-electron chi connectivity index (χ3n) is 4.90. The number of hydrogen-bond donors (Lipinski definition) is 4. The molecule has 0 aliphatic rings. The number of nitrogens with two attached hydrogens (primary N) is 1. The van der Waals surface area contributed by atoms with E-state index >= 15 is 0 Å². The van der Waals surface area contributed by atoms with Crippen LogP contribution in [0.1, 0.15) is 90.4 Å². The van der Waals surface area contributed by atoms with E-state index in [1.54, 1.807) is 0 Å². The average Bonchev–Trinajstić information content (AvgIpc) is 2.73. The molecule has 0 aromatic rings. The van der Waals surface area contributed by atoms with Gasteiger partial charge < -0.3 is 26.4 Å². The lowest BCUT2D eigenvalue weighted by atomic mass is 10.1. The van der Waals surface area contributed by atoms with Gasteiger partial charge >= 0.3 is 6.09 Å². The van der Waals surface area contributed by atoms with Crippen LogP contribution in [-0.4, -0.2) is 50.1 Å². The van der Waals surface area contributed by atoms with E-state index in [1.165, 1.54) is 58.4 Å². The Hall–Kier alpha value is -2.32. The first-order chi connectivity index (χ1) is 14.9. The molecule has 9 heteroatoms. The van der Waals surface area contributed by atoms with Crippen molar-refractivity contribution in [1.29, 1.82) is 0 Å². The third kappa shape index (κ3) is 18.2. The smallest absolute Gasteiger partial charge is 0.406 e. The van der Waals surface area contributed by atoms with Crippen LogP contribution in [0.3, 0.4) is 0 Å². The standard InChI is InChI=1S/C22H42N4O5/c1-3-4-5-6-7-8-9-10-11-12-13-14-20(28)26-18(17-19(23)27)21(29)25-15-16-31-22(30)24-2/h18H,3-17H2,1-2H3,(H2,23,27)(H,24,30)(H,25,29)(H,26,28). The van der Waals surface area contributed by atoms with Crippen molar-refractivity contribution in [2.75, 3.05) is 20.2 Å². The van der Waals surface area contributed by atoms with Gasteiger partial charge in [-0.15, -0.1) is 0 Å². The van der Waals surface area contributed by atoms with E-state index < -0.39 is 23.9 Å². The third-order valence-corrected chi connectivity index (χ3v) is 4.90. The van der Waals surface area contributed by atoms with Crippen LogP contribution >= 0.6 is 0 Å². The van der Waals surface area contributed by atoms with E-state index in [-0.39, 0.29) is 25.5 Å². The predicted octanol–water partition coefficient (Wildman–Crippen LogP) is 2.52. The van der Waals surface area contributed by atoms with Gasteiger partial charge in [0.2, 0.25) is 17.7 Å². The second-order valence-electron chi connectivity index (χ2n) is 7.75. The highest BCUT2D eigenvalue weighted by Crippen LogP contribution is 2.12. The maximum Gasteiger partial charge on any atom is 0.406 e. The molecule has 0 spiro atoms. The molecule has 0 bridgehead atoms. The zero-order chi connectivity index (χ0) is 23.3. The van der Waals surface area contributed by atoms with E-state index in [0.29, 0.717) is 6.42 Å². The molecule has 0 heterocycles. The SMILES string of the molecule is CCCCCCCCCCCCCC(=O)NC(CC(N)=O)C(=O)NCCOC(=O)NC. The van der Waals surface area contributed by atoms with Crippen molar-refractivity contribution in [3.8, 4) is 0 Å². The average molecular weight is 443 g/mol. The highest BCUT2D eigenvalue weighted by atomic mass is 16.5. The number of ether oxygens (including phenoxy) is 1. The van der Waals surface area contributed by atoms with Crippen molar-refractivity contribution in [2.45, 2.75) is 96.4 Å². The van der Waals surface area contributed by atoms with Crippen molar-refractivity contribution < 1.29 is 23.9 Å². The highest BCUT2D eigenvalue weighted by molar-refractivity contribution is 5.91. The van der Waals surface area contributed by atoms with Gasteiger partial charge in [-0.05, 0) is 6.42 Å². The van der Waals surface area contributed by atoms with Gasteiger partial charge in [0, 0.05) is 13.5 Å². The number of carbonyl (C=O) groups excluding carboxylic acids is 4. The van der Waals surface area contributed by atoms with Crippen LogP contribution in [0.15, 0.2) is 0 Å². The Bertz CT molecular complexity index is 528. The van der Waals surface area contributed by atoms with Crippen LogP contribution in [0.5, 0.6) is 0 Å². The number of unbranched alkanes of at least 4 members (excludes halogenated alkanes) is 10. The maximum atomic E-state index is 12.2. The summed E-state index contributed by atoms with van der Waals surface area (Å²) in [7, 11) is 1.43. The minimum atomic E-state index is -1.03. The predicted molar refractivity (Wildman–Crippen MR) is 120 cm³/mol. The Balaban J connectivity index is 3.96. The minimum absolute atomic E-state index is 0.0264. The zero-order valence-electron chi connectivity index (χ0n) is 19.3. The lowest BCUT2D eigenvalue weighted by Gasteiger charge is -2.17. The van der Waals surface area contributed by atoms with Crippen LogP contribution in [0.2, 0.25) is 0 Å². The van der Waals surface area contributed by atoms with Gasteiger partial charge in [-0.3, -0.25) is 14.4 Å². The Morgan fingerprint density at radius 1 is 0.871 bits per heavy atom. The highest BCUT2D eigenvalue weighted by Gasteiger charge is 2.22. The first-order valence-electron chi connectivity index (χ1n) is 11.6. The number of rotatable bonds is 19. The summed E-state index contributed by atoms with van der Waals surface area (Å²) in [6.45, 7) is 2.26. The minimum Gasteiger partial charge on any atom is -0.448 e. The van der Waals surface area contributed by atoms with Crippen molar-refractivity contribution in [2.24, 2.45) is 5.73 Å². The van der Waals surface area contributed by atoms with Gasteiger partial charge in [0.25, 0.3) is 0 Å². The van der Waals surface area contributed by atoms with E-state index in [0.717, 1.165) is 19.3 Å². The Morgan fingerprint density at radius 3 is 1.94 bits per heavy atom. The number of primary amides is 1. The molecule has 180 valence electrons. The summed E-state index contributed by atoms with van der Waals surface area (Å²) in [5.41, 5.74) is 5.19. The van der Waals surface area contributed by atoms with Gasteiger partial charge in [-0.1, -0.05) is 71.1 Å². The zero-order valence-corrected chi connectivity index (χ0v) is 19.3. The van der Waals surface area contributed by atoms with Crippen LogP contribution in [0, 0.1) is 0 Å². The van der Waals surface area contributed by atoms with Crippen molar-refractivity contribution >= 4 is 23.8 Å². The first kappa shape index (κ1) is 28.7. The summed E-state index contributed by atoms with van der Waals surface area (Å²) in [4.78, 5) is 46.5. The van der Waals surface area contributed by atoms with Crippen molar-refractivity contribution in [1.82, 2.24) is 16.0 Å². The van der Waals surface area contributed by atoms with Crippen LogP contribution in [0.4, 0.5) is 4.79 Å². The molecule has 0 aliphatic carbocycles. The number of carbonyl (C=O) groups is 4. The Labute approximate surface area is 186 Å². The number of nitrogens with one attached hydrogen (secondary N) is 3. The normalized spacial score (nSPS) is 11.4. The molecule has 0 aromatic heterocycles. The molecular weight excluding hydrogens is 400 g/mol. The fourth-order valence-corrected chi connectivity index (χ4v) is 3.14. The molecule has 1 unspecified atom stereocenters. The molecule has 1 atom stereocenters. The molecule has 0 fully saturated rings. The summed E-state index contributed by atoms with van der Waals surface area (Å²) in [5, 5.41) is 7.37. The summed E-state index contributed by atoms with van der Waals surface area (Å²) in [6.07, 6.45) is 12.5. The van der Waals surface area contributed by atoms with Gasteiger partial charge in [0.05, 0.1) is 13.0 Å². The monoisotopic (exact) mass is 442 g/mol. The number of hydrogen-bond acceptors (Lipinski definition) is 5. The Kier molecular flexibility index (Phi) is 18.2. The second kappa shape index (κ2) is 19.6. The first-order valence-corrected chi connectivity index (χ1v) is 11.6. The lowest BCUT2D eigenvalue weighted by molar-refractivity contribution is -0.131. The summed E-state index contributed by atoms with van der Waals surface area (Å²) in [5.74, 6) is -1.50. The molecule has 0 aromatic carbocycles. The number of amides is 4. The van der Waals surface area contributed by atoms with Crippen LogP contribution < -0.4 is 21.7 Å². The Morgan fingerprint density at radius 2 is 1.42 bits per heavy atom. The fraction of sp³-hybridized carbons (Fsp3) is 0.818. The molecule has 4 amide bonds. The fourth-order valence-electron chi connectivity index (χ4n) is 3.14. The summed E-state index contributed by atoms with van der Waals surface area (Å²) in [6, 6.07) is -1.03. The maximum absolute atomic E-state index is 12.2. The topological polar surface area (TPSA) is 140 Å². The molecule has 0 radical (unpaired) electrons. The number of alkyl carbamates (subject to hydrolysis) is 1. The largest absolute Gasteiger partial charge is 0.448 e. The van der Waals surface area contributed by atoms with E-state index in [2.05, 4.69) is 22.9 Å². The molecule has 0 saturated heterocycles. The van der Waals surface area contributed by atoms with E-state index in [4.69, 9.17) is 10.5 Å². The molecular formula is C22H42N4O5. The molecule has 0 saturated carbocycles. The molecule has 9 nitrogen and oxygen atoms in total. The van der Waals surface area contributed by atoms with Gasteiger partial charge in [0.1, 0.15) is 12.6 Å².